The monoisotopic (exact) mass is 394 g/mol. The molecule has 108 valence electrons. The zero-order chi connectivity index (χ0) is 15.1. The van der Waals surface area contributed by atoms with Crippen molar-refractivity contribution in [2.45, 2.75) is 6.92 Å². The molecule has 0 aromatic heterocycles. The zero-order valence-corrected chi connectivity index (χ0v) is 13.7. The van der Waals surface area contributed by atoms with E-state index in [0.29, 0.717) is 5.75 Å². The van der Waals surface area contributed by atoms with Gasteiger partial charge in [0.15, 0.2) is 6.61 Å². The molecule has 0 spiro atoms. The van der Waals surface area contributed by atoms with Crippen molar-refractivity contribution in [3.05, 3.63) is 63.2 Å². The van der Waals surface area contributed by atoms with Crippen LogP contribution in [0.5, 0.6) is 5.75 Å². The first-order chi connectivity index (χ1) is 10.1. The molecular formula is C16H15IN2O2. The van der Waals surface area contributed by atoms with Crippen LogP contribution >= 0.6 is 22.6 Å². The molecule has 0 bridgehead atoms. The lowest BCUT2D eigenvalue weighted by molar-refractivity contribution is -0.123. The van der Waals surface area contributed by atoms with Crippen LogP contribution in [-0.4, -0.2) is 18.7 Å². The normalized spacial score (nSPS) is 10.6. The minimum Gasteiger partial charge on any atom is -0.484 e. The molecule has 0 saturated heterocycles. The van der Waals surface area contributed by atoms with Gasteiger partial charge >= 0.3 is 0 Å². The van der Waals surface area contributed by atoms with E-state index in [1.807, 2.05) is 55.5 Å². The van der Waals surface area contributed by atoms with Crippen LogP contribution in [0.15, 0.2) is 53.6 Å². The smallest absolute Gasteiger partial charge is 0.277 e. The largest absolute Gasteiger partial charge is 0.484 e. The van der Waals surface area contributed by atoms with Crippen molar-refractivity contribution in [3.8, 4) is 5.75 Å². The van der Waals surface area contributed by atoms with E-state index in [-0.39, 0.29) is 12.5 Å². The van der Waals surface area contributed by atoms with Gasteiger partial charge in [-0.2, -0.15) is 5.10 Å². The summed E-state index contributed by atoms with van der Waals surface area (Å²) in [7, 11) is 0. The van der Waals surface area contributed by atoms with E-state index in [9.17, 15) is 4.79 Å². The average Bonchev–Trinajstić information content (AvgIpc) is 2.45. The third kappa shape index (κ3) is 5.55. The summed E-state index contributed by atoms with van der Waals surface area (Å²) >= 11 is 2.22. The van der Waals surface area contributed by atoms with Gasteiger partial charge in [-0.15, -0.1) is 0 Å². The molecule has 0 unspecified atom stereocenters. The standard InChI is InChI=1S/C16H15IN2O2/c1-12-4-2-7-15(8-12)21-11-16(20)19-18-10-13-5-3-6-14(17)9-13/h2-10H,11H2,1H3,(H,19,20)/b18-10-. The van der Waals surface area contributed by atoms with Crippen LogP contribution in [0.25, 0.3) is 0 Å². The van der Waals surface area contributed by atoms with Gasteiger partial charge in [-0.3, -0.25) is 4.79 Å². The van der Waals surface area contributed by atoms with Gasteiger partial charge in [0, 0.05) is 3.57 Å². The maximum atomic E-state index is 11.6. The van der Waals surface area contributed by atoms with E-state index in [1.54, 1.807) is 6.21 Å². The minimum absolute atomic E-state index is 0.0624. The molecule has 0 atom stereocenters. The van der Waals surface area contributed by atoms with Gasteiger partial charge < -0.3 is 4.74 Å². The lowest BCUT2D eigenvalue weighted by Crippen LogP contribution is -2.24. The number of ether oxygens (including phenoxy) is 1. The molecule has 5 heteroatoms. The highest BCUT2D eigenvalue weighted by atomic mass is 127. The number of rotatable bonds is 5. The van der Waals surface area contributed by atoms with Gasteiger partial charge in [-0.05, 0) is 64.9 Å². The number of amides is 1. The fourth-order valence-electron chi connectivity index (χ4n) is 1.65. The molecule has 2 aromatic rings. The predicted octanol–water partition coefficient (Wildman–Crippen LogP) is 3.13. The van der Waals surface area contributed by atoms with Gasteiger partial charge in [0.2, 0.25) is 0 Å². The van der Waals surface area contributed by atoms with E-state index >= 15 is 0 Å². The Labute approximate surface area is 137 Å². The Bertz CT molecular complexity index is 656. The molecule has 0 saturated carbocycles. The van der Waals surface area contributed by atoms with Crippen LogP contribution in [0.2, 0.25) is 0 Å². The van der Waals surface area contributed by atoms with Crippen molar-refractivity contribution >= 4 is 34.7 Å². The van der Waals surface area contributed by atoms with Crippen LogP contribution in [0.4, 0.5) is 0 Å². The number of hydrazone groups is 1. The second-order valence-corrected chi connectivity index (χ2v) is 5.70. The zero-order valence-electron chi connectivity index (χ0n) is 11.5. The van der Waals surface area contributed by atoms with Crippen LogP contribution in [-0.2, 0) is 4.79 Å². The summed E-state index contributed by atoms with van der Waals surface area (Å²) in [6, 6.07) is 15.4. The van der Waals surface area contributed by atoms with Gasteiger partial charge in [-0.1, -0.05) is 24.3 Å². The van der Waals surface area contributed by atoms with E-state index in [1.165, 1.54) is 0 Å². The van der Waals surface area contributed by atoms with Gasteiger partial charge in [0.1, 0.15) is 5.75 Å². The molecule has 0 heterocycles. The number of nitrogens with zero attached hydrogens (tertiary/aromatic N) is 1. The van der Waals surface area contributed by atoms with E-state index in [2.05, 4.69) is 33.1 Å². The third-order valence-electron chi connectivity index (χ3n) is 2.61. The number of carbonyl (C=O) groups is 1. The molecular weight excluding hydrogens is 379 g/mol. The average molecular weight is 394 g/mol. The van der Waals surface area contributed by atoms with Gasteiger partial charge in [0.05, 0.1) is 6.21 Å². The van der Waals surface area contributed by atoms with Crippen molar-refractivity contribution in [1.82, 2.24) is 5.43 Å². The maximum absolute atomic E-state index is 11.6. The first-order valence-electron chi connectivity index (χ1n) is 6.40. The van der Waals surface area contributed by atoms with E-state index in [0.717, 1.165) is 14.7 Å². The van der Waals surface area contributed by atoms with Crippen molar-refractivity contribution in [2.24, 2.45) is 5.10 Å². The molecule has 1 N–H and O–H groups in total. The first kappa shape index (κ1) is 15.5. The Morgan fingerprint density at radius 2 is 2.10 bits per heavy atom. The number of hydrogen-bond acceptors (Lipinski definition) is 3. The topological polar surface area (TPSA) is 50.7 Å². The SMILES string of the molecule is Cc1cccc(OCC(=O)N/N=C\c2cccc(I)c2)c1. The highest BCUT2D eigenvalue weighted by molar-refractivity contribution is 14.1. The number of hydrogen-bond donors (Lipinski definition) is 1. The van der Waals surface area contributed by atoms with Crippen molar-refractivity contribution in [1.29, 1.82) is 0 Å². The fraction of sp³-hybridized carbons (Fsp3) is 0.125. The molecule has 0 aliphatic carbocycles. The molecule has 2 aromatic carbocycles. The quantitative estimate of drug-likeness (QED) is 0.481. The lowest BCUT2D eigenvalue weighted by Gasteiger charge is -2.05. The molecule has 2 rings (SSSR count). The third-order valence-corrected chi connectivity index (χ3v) is 3.28. The molecule has 0 fully saturated rings. The molecule has 1 amide bonds. The van der Waals surface area contributed by atoms with Crippen LogP contribution < -0.4 is 10.2 Å². The van der Waals surface area contributed by atoms with Crippen molar-refractivity contribution in [2.75, 3.05) is 6.61 Å². The molecule has 21 heavy (non-hydrogen) atoms. The van der Waals surface area contributed by atoms with E-state index in [4.69, 9.17) is 4.74 Å². The molecule has 4 nitrogen and oxygen atoms in total. The Hall–Kier alpha value is -1.89. The fourth-order valence-corrected chi connectivity index (χ4v) is 2.22. The van der Waals surface area contributed by atoms with Crippen LogP contribution in [0.3, 0.4) is 0 Å². The summed E-state index contributed by atoms with van der Waals surface area (Å²) in [5.41, 5.74) is 4.46. The number of carbonyl (C=O) groups excluding carboxylic acids is 1. The molecule has 0 aliphatic heterocycles. The second-order valence-electron chi connectivity index (χ2n) is 4.45. The Kier molecular flexibility index (Phi) is 5.74. The summed E-state index contributed by atoms with van der Waals surface area (Å²) in [5.74, 6) is 0.380. The van der Waals surface area contributed by atoms with E-state index < -0.39 is 0 Å². The minimum atomic E-state index is -0.293. The highest BCUT2D eigenvalue weighted by Gasteiger charge is 2.01. The number of aryl methyl sites for hydroxylation is 1. The van der Waals surface area contributed by atoms with Gasteiger partial charge in [0.25, 0.3) is 5.91 Å². The molecule has 0 radical (unpaired) electrons. The van der Waals surface area contributed by atoms with Gasteiger partial charge in [-0.25, -0.2) is 5.43 Å². The summed E-state index contributed by atoms with van der Waals surface area (Å²) in [4.78, 5) is 11.6. The lowest BCUT2D eigenvalue weighted by atomic mass is 10.2. The number of halogens is 1. The maximum Gasteiger partial charge on any atom is 0.277 e. The first-order valence-corrected chi connectivity index (χ1v) is 7.48. The van der Waals surface area contributed by atoms with Crippen LogP contribution in [0.1, 0.15) is 11.1 Å². The number of nitrogens with one attached hydrogen (secondary N) is 1. The summed E-state index contributed by atoms with van der Waals surface area (Å²) in [6.45, 7) is 1.91. The summed E-state index contributed by atoms with van der Waals surface area (Å²) in [6.07, 6.45) is 1.60. The van der Waals surface area contributed by atoms with Crippen molar-refractivity contribution < 1.29 is 9.53 Å². The Morgan fingerprint density at radius 1 is 1.29 bits per heavy atom. The number of benzene rings is 2. The predicted molar refractivity (Wildman–Crippen MR) is 91.6 cm³/mol. The molecule has 0 aliphatic rings. The Morgan fingerprint density at radius 3 is 2.86 bits per heavy atom. The highest BCUT2D eigenvalue weighted by Crippen LogP contribution is 2.11. The summed E-state index contributed by atoms with van der Waals surface area (Å²) < 4.78 is 6.50. The Balaban J connectivity index is 1.80. The van der Waals surface area contributed by atoms with Crippen molar-refractivity contribution in [3.63, 3.8) is 0 Å². The van der Waals surface area contributed by atoms with Crippen LogP contribution in [0, 0.1) is 10.5 Å². The summed E-state index contributed by atoms with van der Waals surface area (Å²) in [5, 5.41) is 3.90. The second kappa shape index (κ2) is 7.78.